The molecule has 1 amide bonds. The van der Waals surface area contributed by atoms with E-state index in [1.807, 2.05) is 45.2 Å². The van der Waals surface area contributed by atoms with Gasteiger partial charge in [0.25, 0.3) is 10.0 Å². The van der Waals surface area contributed by atoms with Crippen LogP contribution in [0, 0.1) is 19.7 Å². The van der Waals surface area contributed by atoms with Crippen LogP contribution in [-0.4, -0.2) is 27.1 Å². The molecule has 0 radical (unpaired) electrons. The van der Waals surface area contributed by atoms with Crippen molar-refractivity contribution in [3.05, 3.63) is 89.2 Å². The van der Waals surface area contributed by atoms with Crippen molar-refractivity contribution < 1.29 is 17.6 Å². The Balaban J connectivity index is 1.90. The number of hydrogen-bond donors (Lipinski definition) is 1. The van der Waals surface area contributed by atoms with Gasteiger partial charge in [0.1, 0.15) is 12.4 Å². The van der Waals surface area contributed by atoms with Gasteiger partial charge < -0.3 is 5.32 Å². The van der Waals surface area contributed by atoms with E-state index in [2.05, 4.69) is 5.32 Å². The summed E-state index contributed by atoms with van der Waals surface area (Å²) < 4.78 is 41.8. The zero-order chi connectivity index (χ0) is 24.2. The maximum atomic E-state index is 13.9. The molecule has 1 atom stereocenters. The van der Waals surface area contributed by atoms with E-state index in [0.29, 0.717) is 0 Å². The molecule has 0 aliphatic carbocycles. The summed E-state index contributed by atoms with van der Waals surface area (Å²) in [6, 6.07) is 17.2. The fourth-order valence-corrected chi connectivity index (χ4v) is 5.45. The Morgan fingerprint density at radius 2 is 1.76 bits per heavy atom. The molecule has 0 aliphatic rings. The Morgan fingerprint density at radius 3 is 2.36 bits per heavy atom. The molecule has 0 fully saturated rings. The van der Waals surface area contributed by atoms with Crippen molar-refractivity contribution in [2.45, 2.75) is 36.6 Å². The fourth-order valence-electron chi connectivity index (χ4n) is 3.63. The van der Waals surface area contributed by atoms with E-state index in [1.165, 1.54) is 42.1 Å². The fraction of sp³-hybridized carbons (Fsp3) is 0.240. The molecule has 5 nitrogen and oxygen atoms in total. The van der Waals surface area contributed by atoms with Crippen LogP contribution in [0.15, 0.2) is 76.5 Å². The summed E-state index contributed by atoms with van der Waals surface area (Å²) in [7, 11) is -4.11. The van der Waals surface area contributed by atoms with Gasteiger partial charge >= 0.3 is 0 Å². The Kier molecular flexibility index (Phi) is 7.81. The predicted octanol–water partition coefficient (Wildman–Crippen LogP) is 5.24. The second-order valence-electron chi connectivity index (χ2n) is 7.82. The third kappa shape index (κ3) is 5.94. The molecule has 8 heteroatoms. The highest BCUT2D eigenvalue weighted by atomic mass is 32.2. The number of nitrogens with zero attached hydrogens (tertiary/aromatic N) is 1. The molecule has 1 N–H and O–H groups in total. The van der Waals surface area contributed by atoms with Crippen LogP contribution in [0.25, 0.3) is 0 Å². The number of thioether (sulfide) groups is 1. The van der Waals surface area contributed by atoms with Crippen LogP contribution < -0.4 is 9.62 Å². The first-order chi connectivity index (χ1) is 15.6. The molecule has 33 heavy (non-hydrogen) atoms. The van der Waals surface area contributed by atoms with Crippen LogP contribution in [0.1, 0.15) is 29.7 Å². The third-order valence-corrected chi connectivity index (χ3v) is 7.83. The van der Waals surface area contributed by atoms with Crippen molar-refractivity contribution >= 4 is 33.4 Å². The maximum Gasteiger partial charge on any atom is 0.264 e. The molecule has 0 spiro atoms. The number of benzene rings is 3. The number of rotatable bonds is 8. The first kappa shape index (κ1) is 24.8. The SMILES string of the molecule is CSc1ccc(S(=O)(=O)N(CC(=O)NC(C)c2ccc(C)cc2C)c2cccc(F)c2)cc1. The lowest BCUT2D eigenvalue weighted by atomic mass is 10.0. The third-order valence-electron chi connectivity index (χ3n) is 5.30. The second kappa shape index (κ2) is 10.4. The van der Waals surface area contributed by atoms with Crippen LogP contribution in [0.2, 0.25) is 0 Å². The zero-order valence-corrected chi connectivity index (χ0v) is 20.6. The van der Waals surface area contributed by atoms with Crippen LogP contribution in [0.4, 0.5) is 10.1 Å². The molecular weight excluding hydrogens is 459 g/mol. The molecule has 0 aromatic heterocycles. The highest BCUT2D eigenvalue weighted by molar-refractivity contribution is 7.98. The predicted molar refractivity (Wildman–Crippen MR) is 132 cm³/mol. The van der Waals surface area contributed by atoms with E-state index < -0.39 is 28.3 Å². The zero-order valence-electron chi connectivity index (χ0n) is 19.0. The number of anilines is 1. The van der Waals surface area contributed by atoms with Crippen molar-refractivity contribution in [2.75, 3.05) is 17.1 Å². The van der Waals surface area contributed by atoms with Crippen molar-refractivity contribution in [1.29, 1.82) is 0 Å². The Morgan fingerprint density at radius 1 is 1.06 bits per heavy atom. The summed E-state index contributed by atoms with van der Waals surface area (Å²) in [4.78, 5) is 13.9. The standard InChI is InChI=1S/C25H27FN2O3S2/c1-17-8-13-24(18(2)14-17)19(3)27-25(29)16-28(21-7-5-6-20(26)15-21)33(30,31)23-11-9-22(32-4)10-12-23/h5-15,19H,16H2,1-4H3,(H,27,29). The molecule has 0 heterocycles. The van der Waals surface area contributed by atoms with Gasteiger partial charge in [-0.3, -0.25) is 9.10 Å². The first-order valence-electron chi connectivity index (χ1n) is 10.4. The number of carbonyl (C=O) groups is 1. The van der Waals surface area contributed by atoms with Gasteiger partial charge in [-0.15, -0.1) is 11.8 Å². The Hall–Kier alpha value is -2.84. The van der Waals surface area contributed by atoms with Crippen molar-refractivity contribution in [3.8, 4) is 0 Å². The highest BCUT2D eigenvalue weighted by Crippen LogP contribution is 2.26. The van der Waals surface area contributed by atoms with Gasteiger partial charge in [0.05, 0.1) is 16.6 Å². The number of carbonyl (C=O) groups excluding carboxylic acids is 1. The first-order valence-corrected chi connectivity index (χ1v) is 13.1. The van der Waals surface area contributed by atoms with E-state index in [0.717, 1.165) is 32.0 Å². The summed E-state index contributed by atoms with van der Waals surface area (Å²) in [5.41, 5.74) is 3.18. The highest BCUT2D eigenvalue weighted by Gasteiger charge is 2.28. The minimum Gasteiger partial charge on any atom is -0.348 e. The monoisotopic (exact) mass is 486 g/mol. The number of sulfonamides is 1. The van der Waals surface area contributed by atoms with Crippen LogP contribution in [-0.2, 0) is 14.8 Å². The van der Waals surface area contributed by atoms with E-state index in [4.69, 9.17) is 0 Å². The van der Waals surface area contributed by atoms with Gasteiger partial charge in [0.15, 0.2) is 0 Å². The molecule has 3 aromatic carbocycles. The maximum absolute atomic E-state index is 13.9. The summed E-state index contributed by atoms with van der Waals surface area (Å²) in [5.74, 6) is -1.08. The van der Waals surface area contributed by atoms with Gasteiger partial charge in [-0.2, -0.15) is 0 Å². The molecular formula is C25H27FN2O3S2. The number of halogens is 1. The molecule has 3 rings (SSSR count). The van der Waals surface area contributed by atoms with Crippen LogP contribution >= 0.6 is 11.8 Å². The quantitative estimate of drug-likeness (QED) is 0.443. The average molecular weight is 487 g/mol. The van der Waals surface area contributed by atoms with Crippen molar-refractivity contribution in [1.82, 2.24) is 5.32 Å². The van der Waals surface area contributed by atoms with Gasteiger partial charge in [-0.05, 0) is 80.6 Å². The summed E-state index contributed by atoms with van der Waals surface area (Å²) >= 11 is 1.49. The molecule has 0 aliphatic heterocycles. The van der Waals surface area contributed by atoms with Gasteiger partial charge in [-0.1, -0.05) is 29.8 Å². The number of aryl methyl sites for hydroxylation is 2. The largest absolute Gasteiger partial charge is 0.348 e. The summed E-state index contributed by atoms with van der Waals surface area (Å²) in [6.45, 7) is 5.32. The van der Waals surface area contributed by atoms with Crippen LogP contribution in [0.5, 0.6) is 0 Å². The van der Waals surface area contributed by atoms with Crippen LogP contribution in [0.3, 0.4) is 0 Å². The molecule has 3 aromatic rings. The number of nitrogens with one attached hydrogen (secondary N) is 1. The molecule has 0 saturated carbocycles. The lowest BCUT2D eigenvalue weighted by molar-refractivity contribution is -0.120. The van der Waals surface area contributed by atoms with Gasteiger partial charge in [-0.25, -0.2) is 12.8 Å². The smallest absolute Gasteiger partial charge is 0.264 e. The Bertz CT molecular complexity index is 1240. The van der Waals surface area contributed by atoms with Crippen molar-refractivity contribution in [3.63, 3.8) is 0 Å². The van der Waals surface area contributed by atoms with Gasteiger partial charge in [0, 0.05) is 4.90 Å². The van der Waals surface area contributed by atoms with E-state index >= 15 is 0 Å². The molecule has 174 valence electrons. The lowest BCUT2D eigenvalue weighted by Crippen LogP contribution is -2.41. The topological polar surface area (TPSA) is 66.5 Å². The minimum absolute atomic E-state index is 0.0276. The van der Waals surface area contributed by atoms with Gasteiger partial charge in [0.2, 0.25) is 5.91 Å². The van der Waals surface area contributed by atoms with Crippen molar-refractivity contribution in [2.24, 2.45) is 0 Å². The summed E-state index contributed by atoms with van der Waals surface area (Å²) in [6.07, 6.45) is 1.89. The van der Waals surface area contributed by atoms with E-state index in [-0.39, 0.29) is 16.6 Å². The number of amides is 1. The second-order valence-corrected chi connectivity index (χ2v) is 10.6. The average Bonchev–Trinajstić information content (AvgIpc) is 2.77. The van der Waals surface area contributed by atoms with E-state index in [1.54, 1.807) is 12.1 Å². The number of hydrogen-bond acceptors (Lipinski definition) is 4. The normalized spacial score (nSPS) is 12.3. The lowest BCUT2D eigenvalue weighted by Gasteiger charge is -2.25. The minimum atomic E-state index is -4.11. The molecule has 1 unspecified atom stereocenters. The molecule has 0 bridgehead atoms. The van der Waals surface area contributed by atoms with E-state index in [9.17, 15) is 17.6 Å². The Labute approximate surface area is 199 Å². The molecule has 0 saturated heterocycles. The summed E-state index contributed by atoms with van der Waals surface area (Å²) in [5, 5.41) is 2.87.